The van der Waals surface area contributed by atoms with Gasteiger partial charge < -0.3 is 28.4 Å². The van der Waals surface area contributed by atoms with Crippen molar-refractivity contribution < 1.29 is 38.1 Å². The molecule has 0 saturated heterocycles. The van der Waals surface area contributed by atoms with Gasteiger partial charge in [-0.05, 0) is 12.1 Å². The summed E-state index contributed by atoms with van der Waals surface area (Å²) in [7, 11) is 1.30. The summed E-state index contributed by atoms with van der Waals surface area (Å²) in [6.45, 7) is 3.03. The Balaban J connectivity index is 1.84. The molecule has 1 rings (SSSR count). The molecule has 0 heterocycles. The van der Waals surface area contributed by atoms with Crippen LogP contribution < -0.4 is 4.74 Å². The standard InChI is InChI=1S/C17H25NO9/c1-22-17(19)14-26-11-10-24-7-6-23-8-9-25-12-13-27-16-4-2-15(3-5-16)18(20)21/h2-5H,6-14H2,1H3. The van der Waals surface area contributed by atoms with Crippen molar-refractivity contribution in [1.82, 2.24) is 0 Å². The molecule has 0 unspecified atom stereocenters. The summed E-state index contributed by atoms with van der Waals surface area (Å²) in [5.41, 5.74) is 0.0217. The molecule has 0 spiro atoms. The van der Waals surface area contributed by atoms with Gasteiger partial charge in [-0.15, -0.1) is 0 Å². The number of methoxy groups -OCH3 is 1. The third-order valence-corrected chi connectivity index (χ3v) is 3.11. The number of benzene rings is 1. The van der Waals surface area contributed by atoms with Crippen molar-refractivity contribution in [3.8, 4) is 5.75 Å². The van der Waals surface area contributed by atoms with Crippen molar-refractivity contribution in [2.75, 3.05) is 66.6 Å². The topological polar surface area (TPSA) is 116 Å². The quantitative estimate of drug-likeness (QED) is 0.179. The number of hydrogen-bond acceptors (Lipinski definition) is 9. The summed E-state index contributed by atoms with van der Waals surface area (Å²) in [5.74, 6) is 0.129. The number of nitro benzene ring substituents is 1. The van der Waals surface area contributed by atoms with E-state index in [1.165, 1.54) is 19.2 Å². The highest BCUT2D eigenvalue weighted by atomic mass is 16.6. The van der Waals surface area contributed by atoms with Crippen LogP contribution in [0.1, 0.15) is 0 Å². The molecule has 0 atom stereocenters. The predicted octanol–water partition coefficient (Wildman–Crippen LogP) is 1.21. The first kappa shape index (κ1) is 22.8. The zero-order valence-electron chi connectivity index (χ0n) is 15.3. The van der Waals surface area contributed by atoms with Gasteiger partial charge in [0.15, 0.2) is 0 Å². The van der Waals surface area contributed by atoms with Gasteiger partial charge in [0.05, 0.1) is 58.3 Å². The summed E-state index contributed by atoms with van der Waals surface area (Å²) in [6, 6.07) is 5.86. The molecule has 0 aliphatic rings. The Kier molecular flexibility index (Phi) is 12.5. The van der Waals surface area contributed by atoms with Gasteiger partial charge in [-0.3, -0.25) is 10.1 Å². The number of nitro groups is 1. The van der Waals surface area contributed by atoms with Crippen LogP contribution in [0.2, 0.25) is 0 Å². The van der Waals surface area contributed by atoms with Gasteiger partial charge in [0, 0.05) is 12.1 Å². The number of rotatable bonds is 16. The Bertz CT molecular complexity index is 536. The lowest BCUT2D eigenvalue weighted by Gasteiger charge is -2.08. The number of non-ortho nitro benzene ring substituents is 1. The molecule has 0 radical (unpaired) electrons. The Morgan fingerprint density at radius 2 is 1.33 bits per heavy atom. The van der Waals surface area contributed by atoms with E-state index in [-0.39, 0.29) is 12.3 Å². The molecule has 0 amide bonds. The fourth-order valence-electron chi connectivity index (χ4n) is 1.76. The summed E-state index contributed by atoms with van der Waals surface area (Å²) in [4.78, 5) is 20.8. The first-order valence-electron chi connectivity index (χ1n) is 8.38. The van der Waals surface area contributed by atoms with E-state index in [9.17, 15) is 14.9 Å². The molecule has 0 aliphatic heterocycles. The van der Waals surface area contributed by atoms with Gasteiger partial charge in [0.1, 0.15) is 19.0 Å². The highest BCUT2D eigenvalue weighted by molar-refractivity contribution is 5.70. The lowest BCUT2D eigenvalue weighted by molar-refractivity contribution is -0.384. The van der Waals surface area contributed by atoms with E-state index in [4.69, 9.17) is 23.7 Å². The van der Waals surface area contributed by atoms with E-state index in [2.05, 4.69) is 4.74 Å². The van der Waals surface area contributed by atoms with Crippen molar-refractivity contribution in [2.45, 2.75) is 0 Å². The fourth-order valence-corrected chi connectivity index (χ4v) is 1.76. The van der Waals surface area contributed by atoms with Crippen molar-refractivity contribution in [3.05, 3.63) is 34.4 Å². The highest BCUT2D eigenvalue weighted by Gasteiger charge is 2.04. The van der Waals surface area contributed by atoms with E-state index in [1.807, 2.05) is 0 Å². The molecule has 0 aliphatic carbocycles. The highest BCUT2D eigenvalue weighted by Crippen LogP contribution is 2.16. The first-order chi connectivity index (χ1) is 13.1. The minimum atomic E-state index is -0.461. The number of ether oxygens (including phenoxy) is 6. The van der Waals surface area contributed by atoms with Gasteiger partial charge in [0.2, 0.25) is 0 Å². The van der Waals surface area contributed by atoms with E-state index in [0.29, 0.717) is 58.6 Å². The van der Waals surface area contributed by atoms with Crippen LogP contribution in [0.4, 0.5) is 5.69 Å². The van der Waals surface area contributed by atoms with Crippen molar-refractivity contribution in [2.24, 2.45) is 0 Å². The minimum absolute atomic E-state index is 0.0217. The Morgan fingerprint density at radius 3 is 1.81 bits per heavy atom. The summed E-state index contributed by atoms with van der Waals surface area (Å²) in [6.07, 6.45) is 0. The SMILES string of the molecule is COC(=O)COCCOCCOCCOCCOc1ccc([N+](=O)[O-])cc1. The molecule has 152 valence electrons. The molecule has 10 heteroatoms. The lowest BCUT2D eigenvalue weighted by atomic mass is 10.3. The van der Waals surface area contributed by atoms with Crippen LogP contribution in [0.15, 0.2) is 24.3 Å². The van der Waals surface area contributed by atoms with Crippen LogP contribution in [0.25, 0.3) is 0 Å². The third-order valence-electron chi connectivity index (χ3n) is 3.11. The number of nitrogens with zero attached hydrogens (tertiary/aromatic N) is 1. The van der Waals surface area contributed by atoms with Crippen LogP contribution in [0.3, 0.4) is 0 Å². The molecule has 1 aromatic rings. The largest absolute Gasteiger partial charge is 0.491 e. The van der Waals surface area contributed by atoms with Gasteiger partial charge in [-0.1, -0.05) is 0 Å². The first-order valence-corrected chi connectivity index (χ1v) is 8.38. The second kappa shape index (κ2) is 14.9. The van der Waals surface area contributed by atoms with Crippen molar-refractivity contribution in [3.63, 3.8) is 0 Å². The molecular formula is C17H25NO9. The monoisotopic (exact) mass is 387 g/mol. The molecule has 0 bridgehead atoms. The molecule has 0 fully saturated rings. The lowest BCUT2D eigenvalue weighted by Crippen LogP contribution is -2.15. The van der Waals surface area contributed by atoms with Crippen LogP contribution >= 0.6 is 0 Å². The number of carbonyl (C=O) groups excluding carboxylic acids is 1. The third kappa shape index (κ3) is 11.9. The average Bonchev–Trinajstić information content (AvgIpc) is 2.68. The van der Waals surface area contributed by atoms with E-state index >= 15 is 0 Å². The fraction of sp³-hybridized carbons (Fsp3) is 0.588. The number of carbonyl (C=O) groups is 1. The maximum absolute atomic E-state index is 10.8. The van der Waals surface area contributed by atoms with Crippen LogP contribution in [-0.4, -0.2) is 77.5 Å². The predicted molar refractivity (Wildman–Crippen MR) is 93.9 cm³/mol. The zero-order chi connectivity index (χ0) is 19.7. The molecule has 0 aromatic heterocycles. The molecule has 27 heavy (non-hydrogen) atoms. The van der Waals surface area contributed by atoms with Crippen molar-refractivity contribution in [1.29, 1.82) is 0 Å². The smallest absolute Gasteiger partial charge is 0.331 e. The Hall–Kier alpha value is -2.27. The number of esters is 1. The Labute approximate surface area is 157 Å². The summed E-state index contributed by atoms with van der Waals surface area (Å²) >= 11 is 0. The molecule has 0 saturated carbocycles. The molecule has 0 N–H and O–H groups in total. The minimum Gasteiger partial charge on any atom is -0.491 e. The maximum atomic E-state index is 10.8. The second-order valence-electron chi connectivity index (χ2n) is 5.07. The van der Waals surface area contributed by atoms with E-state index in [1.54, 1.807) is 12.1 Å². The number of hydrogen-bond donors (Lipinski definition) is 0. The summed E-state index contributed by atoms with van der Waals surface area (Å²) in [5, 5.41) is 10.5. The van der Waals surface area contributed by atoms with Gasteiger partial charge >= 0.3 is 5.97 Å². The van der Waals surface area contributed by atoms with E-state index < -0.39 is 10.9 Å². The molecule has 10 nitrogen and oxygen atoms in total. The van der Waals surface area contributed by atoms with Crippen molar-refractivity contribution >= 4 is 11.7 Å². The van der Waals surface area contributed by atoms with Gasteiger partial charge in [0.25, 0.3) is 5.69 Å². The summed E-state index contributed by atoms with van der Waals surface area (Å²) < 4.78 is 30.8. The maximum Gasteiger partial charge on any atom is 0.331 e. The normalized spacial score (nSPS) is 10.6. The van der Waals surface area contributed by atoms with Crippen LogP contribution in [-0.2, 0) is 28.5 Å². The second-order valence-corrected chi connectivity index (χ2v) is 5.07. The Morgan fingerprint density at radius 1 is 0.852 bits per heavy atom. The average molecular weight is 387 g/mol. The van der Waals surface area contributed by atoms with Crippen LogP contribution in [0.5, 0.6) is 5.75 Å². The molecular weight excluding hydrogens is 362 g/mol. The van der Waals surface area contributed by atoms with Gasteiger partial charge in [-0.25, -0.2) is 4.79 Å². The van der Waals surface area contributed by atoms with Gasteiger partial charge in [-0.2, -0.15) is 0 Å². The van der Waals surface area contributed by atoms with E-state index in [0.717, 1.165) is 0 Å². The van der Waals surface area contributed by atoms with Crippen LogP contribution in [0, 0.1) is 10.1 Å². The molecule has 1 aromatic carbocycles. The zero-order valence-corrected chi connectivity index (χ0v) is 15.3.